The fourth-order valence-corrected chi connectivity index (χ4v) is 2.98. The molecule has 1 aromatic carbocycles. The Bertz CT molecular complexity index is 653. The first-order chi connectivity index (χ1) is 11.8. The summed E-state index contributed by atoms with van der Waals surface area (Å²) in [7, 11) is 0. The third-order valence-electron chi connectivity index (χ3n) is 4.49. The molecule has 1 aliphatic rings. The number of piperidine rings is 1. The topological polar surface area (TPSA) is 45.5 Å². The molecular formula is C19H27N5. The Morgan fingerprint density at radius 1 is 1.25 bits per heavy atom. The molecular weight excluding hydrogens is 298 g/mol. The molecule has 0 unspecified atom stereocenters. The molecule has 5 nitrogen and oxygen atoms in total. The van der Waals surface area contributed by atoms with Crippen LogP contribution in [0.3, 0.4) is 0 Å². The third-order valence-corrected chi connectivity index (χ3v) is 4.49. The Hall–Kier alpha value is -2.30. The normalized spacial score (nSPS) is 16.4. The highest BCUT2D eigenvalue weighted by atomic mass is 15.3. The number of guanidine groups is 1. The van der Waals surface area contributed by atoms with Gasteiger partial charge in [-0.3, -0.25) is 0 Å². The van der Waals surface area contributed by atoms with Gasteiger partial charge >= 0.3 is 0 Å². The number of aliphatic imine (C=N–C) groups is 1. The second-order valence-corrected chi connectivity index (χ2v) is 6.47. The van der Waals surface area contributed by atoms with Crippen molar-refractivity contribution in [3.8, 4) is 5.69 Å². The highest BCUT2D eigenvalue weighted by molar-refractivity contribution is 5.80. The van der Waals surface area contributed by atoms with E-state index in [2.05, 4.69) is 47.5 Å². The predicted octanol–water partition coefficient (Wildman–Crippen LogP) is 3.07. The largest absolute Gasteiger partial charge is 0.357 e. The van der Waals surface area contributed by atoms with Gasteiger partial charge in [-0.2, -0.15) is 5.10 Å². The van der Waals surface area contributed by atoms with Gasteiger partial charge in [0.05, 0.1) is 18.4 Å². The molecule has 1 N–H and O–H groups in total. The number of hydrogen-bond acceptors (Lipinski definition) is 2. The standard InChI is InChI=1S/C19H27N5/c1-3-20-19(23-11-9-16(2)10-12-23)21-13-17-14-22-24(15-17)18-7-5-4-6-8-18/h4-8,14-16H,3,9-13H2,1-2H3,(H,20,21). The van der Waals surface area contributed by atoms with E-state index in [0.29, 0.717) is 6.54 Å². The van der Waals surface area contributed by atoms with Crippen molar-refractivity contribution in [3.05, 3.63) is 48.3 Å². The molecule has 0 saturated carbocycles. The Labute approximate surface area is 144 Å². The quantitative estimate of drug-likeness (QED) is 0.694. The van der Waals surface area contributed by atoms with Gasteiger partial charge in [0.25, 0.3) is 0 Å². The van der Waals surface area contributed by atoms with Crippen molar-refractivity contribution in [2.75, 3.05) is 19.6 Å². The van der Waals surface area contributed by atoms with Crippen molar-refractivity contribution in [2.45, 2.75) is 33.2 Å². The van der Waals surface area contributed by atoms with E-state index < -0.39 is 0 Å². The van der Waals surface area contributed by atoms with Crippen LogP contribution >= 0.6 is 0 Å². The number of benzene rings is 1. The number of nitrogens with one attached hydrogen (secondary N) is 1. The van der Waals surface area contributed by atoms with Crippen molar-refractivity contribution >= 4 is 5.96 Å². The highest BCUT2D eigenvalue weighted by Crippen LogP contribution is 2.16. The number of aromatic nitrogens is 2. The second-order valence-electron chi connectivity index (χ2n) is 6.47. The van der Waals surface area contributed by atoms with Crippen LogP contribution in [0.5, 0.6) is 0 Å². The lowest BCUT2D eigenvalue weighted by atomic mass is 10.00. The molecule has 1 aromatic heterocycles. The van der Waals surface area contributed by atoms with Crippen molar-refractivity contribution in [3.63, 3.8) is 0 Å². The minimum Gasteiger partial charge on any atom is -0.357 e. The molecule has 0 radical (unpaired) electrons. The van der Waals surface area contributed by atoms with Crippen molar-refractivity contribution in [1.82, 2.24) is 20.0 Å². The Balaban J connectivity index is 1.67. The highest BCUT2D eigenvalue weighted by Gasteiger charge is 2.18. The van der Waals surface area contributed by atoms with Crippen molar-refractivity contribution in [2.24, 2.45) is 10.9 Å². The van der Waals surface area contributed by atoms with E-state index >= 15 is 0 Å². The van der Waals surface area contributed by atoms with Crippen LogP contribution in [0.15, 0.2) is 47.7 Å². The molecule has 2 heterocycles. The molecule has 1 fully saturated rings. The molecule has 0 atom stereocenters. The molecule has 1 saturated heterocycles. The van der Waals surface area contributed by atoms with E-state index in [4.69, 9.17) is 4.99 Å². The van der Waals surface area contributed by atoms with Gasteiger partial charge in [-0.05, 0) is 37.8 Å². The average Bonchev–Trinajstić information content (AvgIpc) is 3.09. The summed E-state index contributed by atoms with van der Waals surface area (Å²) < 4.78 is 1.90. The first-order valence-electron chi connectivity index (χ1n) is 8.88. The van der Waals surface area contributed by atoms with Crippen LogP contribution in [0, 0.1) is 5.92 Å². The smallest absolute Gasteiger partial charge is 0.194 e. The fraction of sp³-hybridized carbons (Fsp3) is 0.474. The molecule has 0 aliphatic carbocycles. The summed E-state index contributed by atoms with van der Waals surface area (Å²) in [6, 6.07) is 10.2. The third kappa shape index (κ3) is 4.16. The van der Waals surface area contributed by atoms with E-state index in [0.717, 1.165) is 42.8 Å². The molecule has 1 aliphatic heterocycles. The molecule has 24 heavy (non-hydrogen) atoms. The second kappa shape index (κ2) is 7.99. The summed E-state index contributed by atoms with van der Waals surface area (Å²) in [6.45, 7) is 8.19. The van der Waals surface area contributed by atoms with Crippen molar-refractivity contribution < 1.29 is 0 Å². The van der Waals surface area contributed by atoms with E-state index in [-0.39, 0.29) is 0 Å². The lowest BCUT2D eigenvalue weighted by molar-refractivity contribution is 0.273. The van der Waals surface area contributed by atoms with Crippen LogP contribution in [0.1, 0.15) is 32.3 Å². The lowest BCUT2D eigenvalue weighted by Crippen LogP contribution is -2.45. The Kier molecular flexibility index (Phi) is 5.51. The van der Waals surface area contributed by atoms with Crippen LogP contribution in [0.2, 0.25) is 0 Å². The van der Waals surface area contributed by atoms with E-state index in [9.17, 15) is 0 Å². The van der Waals surface area contributed by atoms with Crippen LogP contribution in [0.25, 0.3) is 5.69 Å². The number of rotatable bonds is 4. The predicted molar refractivity (Wildman–Crippen MR) is 98.4 cm³/mol. The van der Waals surface area contributed by atoms with E-state index in [1.54, 1.807) is 0 Å². The zero-order valence-electron chi connectivity index (χ0n) is 14.7. The minimum absolute atomic E-state index is 0.654. The Morgan fingerprint density at radius 3 is 2.71 bits per heavy atom. The van der Waals surface area contributed by atoms with Crippen molar-refractivity contribution in [1.29, 1.82) is 0 Å². The zero-order valence-corrected chi connectivity index (χ0v) is 14.7. The Morgan fingerprint density at radius 2 is 2.00 bits per heavy atom. The van der Waals surface area contributed by atoms with Gasteiger partial charge in [0, 0.05) is 31.4 Å². The number of hydrogen-bond donors (Lipinski definition) is 1. The molecule has 3 rings (SSSR count). The molecule has 0 bridgehead atoms. The fourth-order valence-electron chi connectivity index (χ4n) is 2.98. The first kappa shape index (κ1) is 16.6. The van der Waals surface area contributed by atoms with Gasteiger partial charge in [0.1, 0.15) is 0 Å². The van der Waals surface area contributed by atoms with Gasteiger partial charge in [0.2, 0.25) is 0 Å². The maximum absolute atomic E-state index is 4.82. The minimum atomic E-state index is 0.654. The van der Waals surface area contributed by atoms with Gasteiger partial charge in [0.15, 0.2) is 5.96 Å². The molecule has 0 spiro atoms. The molecule has 2 aromatic rings. The maximum Gasteiger partial charge on any atom is 0.194 e. The maximum atomic E-state index is 4.82. The van der Waals surface area contributed by atoms with Gasteiger partial charge in [-0.25, -0.2) is 9.67 Å². The summed E-state index contributed by atoms with van der Waals surface area (Å²) in [4.78, 5) is 7.20. The molecule has 128 valence electrons. The van der Waals surface area contributed by atoms with Crippen LogP contribution in [0.4, 0.5) is 0 Å². The first-order valence-corrected chi connectivity index (χ1v) is 8.88. The summed E-state index contributed by atoms with van der Waals surface area (Å²) in [5.74, 6) is 1.85. The van der Waals surface area contributed by atoms with Gasteiger partial charge in [-0.1, -0.05) is 25.1 Å². The SMILES string of the molecule is CCNC(=NCc1cnn(-c2ccccc2)c1)N1CCC(C)CC1. The zero-order chi connectivity index (χ0) is 16.8. The summed E-state index contributed by atoms with van der Waals surface area (Å²) >= 11 is 0. The van der Waals surface area contributed by atoms with Crippen LogP contribution < -0.4 is 5.32 Å². The molecule has 5 heteroatoms. The van der Waals surface area contributed by atoms with E-state index in [1.807, 2.05) is 29.1 Å². The van der Waals surface area contributed by atoms with Gasteiger partial charge in [-0.15, -0.1) is 0 Å². The summed E-state index contributed by atoms with van der Waals surface area (Å²) in [5, 5.41) is 7.87. The monoisotopic (exact) mass is 325 g/mol. The number of likely N-dealkylation sites (tertiary alicyclic amines) is 1. The van der Waals surface area contributed by atoms with Crippen LogP contribution in [-0.2, 0) is 6.54 Å². The average molecular weight is 325 g/mol. The molecule has 0 amide bonds. The lowest BCUT2D eigenvalue weighted by Gasteiger charge is -2.32. The number of para-hydroxylation sites is 1. The summed E-state index contributed by atoms with van der Waals surface area (Å²) in [5.41, 5.74) is 2.20. The van der Waals surface area contributed by atoms with Gasteiger partial charge < -0.3 is 10.2 Å². The van der Waals surface area contributed by atoms with E-state index in [1.165, 1.54) is 12.8 Å². The summed E-state index contributed by atoms with van der Waals surface area (Å²) in [6.07, 6.45) is 6.45. The van der Waals surface area contributed by atoms with Crippen LogP contribution in [-0.4, -0.2) is 40.3 Å². The number of nitrogens with zero attached hydrogens (tertiary/aromatic N) is 4.